The molecule has 0 aliphatic carbocycles. The molecule has 1 nitrogen and oxygen atoms in total. The molecule has 0 aliphatic heterocycles. The molecule has 0 saturated heterocycles. The van der Waals surface area contributed by atoms with Crippen LogP contribution in [0.3, 0.4) is 0 Å². The van der Waals surface area contributed by atoms with E-state index in [1.807, 2.05) is 0 Å². The number of benzene rings is 1. The van der Waals surface area contributed by atoms with Gasteiger partial charge in [0.05, 0.1) is 0 Å². The van der Waals surface area contributed by atoms with Crippen molar-refractivity contribution in [1.29, 1.82) is 0 Å². The molecule has 0 aliphatic rings. The van der Waals surface area contributed by atoms with E-state index in [0.717, 1.165) is 6.07 Å². The molecule has 0 bridgehead atoms. The van der Waals surface area contributed by atoms with Gasteiger partial charge in [-0.1, -0.05) is 0 Å². The predicted molar refractivity (Wildman–Crippen MR) is 32.4 cm³/mol. The number of hydrogen-bond donors (Lipinski definition) is 0. The quantitative estimate of drug-likeness (QED) is 0.613. The Morgan fingerprint density at radius 3 is 2.50 bits per heavy atom. The van der Waals surface area contributed by atoms with E-state index in [9.17, 15) is 12.5 Å². The summed E-state index contributed by atoms with van der Waals surface area (Å²) in [5.41, 5.74) is 0. The summed E-state index contributed by atoms with van der Waals surface area (Å²) in [7, 11) is 0. The molecule has 1 aromatic rings. The van der Waals surface area contributed by atoms with Crippen LogP contribution in [0.1, 0.15) is 0 Å². The second-order valence-electron chi connectivity index (χ2n) is 1.66. The molecule has 0 heterocycles. The summed E-state index contributed by atoms with van der Waals surface area (Å²) < 4.78 is 34.9. The summed E-state index contributed by atoms with van der Waals surface area (Å²) in [5, 5.41) is 0. The zero-order valence-corrected chi connectivity index (χ0v) is 6.72. The van der Waals surface area contributed by atoms with Gasteiger partial charge in [-0.3, -0.25) is 0 Å². The van der Waals surface area contributed by atoms with Crippen LogP contribution in [0.25, 0.3) is 0 Å². The molecule has 0 aromatic heterocycles. The summed E-state index contributed by atoms with van der Waals surface area (Å²) in [6.45, 7) is 0. The molecule has 52 valence electrons. The van der Waals surface area contributed by atoms with E-state index >= 15 is 0 Å². The van der Waals surface area contributed by atoms with Gasteiger partial charge < -0.3 is 0 Å². The van der Waals surface area contributed by atoms with E-state index in [4.69, 9.17) is 0 Å². The van der Waals surface area contributed by atoms with Crippen LogP contribution in [-0.2, 0) is 3.74 Å². The molecular weight excluding hydrogens is 201 g/mol. The van der Waals surface area contributed by atoms with Crippen molar-refractivity contribution in [3.8, 4) is 0 Å². The van der Waals surface area contributed by atoms with Gasteiger partial charge in [0.25, 0.3) is 0 Å². The number of halogens is 2. The van der Waals surface area contributed by atoms with Crippen LogP contribution in [-0.4, -0.2) is 15.7 Å². The van der Waals surface area contributed by atoms with Gasteiger partial charge in [0, 0.05) is 0 Å². The van der Waals surface area contributed by atoms with Crippen molar-refractivity contribution in [3.63, 3.8) is 0 Å². The molecule has 0 N–H and O–H groups in total. The zero-order valence-electron chi connectivity index (χ0n) is 4.84. The number of hydrogen-bond acceptors (Lipinski definition) is 1. The molecule has 0 saturated carbocycles. The molecule has 4 heteroatoms. The van der Waals surface area contributed by atoms with Crippen molar-refractivity contribution in [2.24, 2.45) is 0 Å². The van der Waals surface area contributed by atoms with Crippen molar-refractivity contribution in [2.45, 2.75) is 0 Å². The van der Waals surface area contributed by atoms with Crippen molar-refractivity contribution in [1.82, 2.24) is 0 Å². The fraction of sp³-hybridized carbons (Fsp3) is 0. The molecule has 0 spiro atoms. The topological polar surface area (TPSA) is 17.1 Å². The van der Waals surface area contributed by atoms with Gasteiger partial charge in [0.15, 0.2) is 0 Å². The van der Waals surface area contributed by atoms with Crippen LogP contribution in [0.15, 0.2) is 18.2 Å². The third-order valence-corrected chi connectivity index (χ3v) is 2.17. The monoisotopic (exact) mass is 204 g/mol. The summed E-state index contributed by atoms with van der Waals surface area (Å²) in [6, 6.07) is 3.64. The van der Waals surface area contributed by atoms with Crippen LogP contribution >= 0.6 is 0 Å². The van der Waals surface area contributed by atoms with Crippen molar-refractivity contribution in [2.75, 3.05) is 0 Å². The standard InChI is InChI=1S/C6H3AsF2O/c8-5-3-1-2-4(7-10)6(5)9/h1-3H. The molecular formula is C6H3AsF2O. The van der Waals surface area contributed by atoms with Crippen LogP contribution in [0.2, 0.25) is 0 Å². The van der Waals surface area contributed by atoms with E-state index in [1.54, 1.807) is 0 Å². The third-order valence-electron chi connectivity index (χ3n) is 1.03. The second-order valence-corrected chi connectivity index (χ2v) is 3.06. The van der Waals surface area contributed by atoms with Gasteiger partial charge in [0.2, 0.25) is 0 Å². The maximum atomic E-state index is 12.5. The van der Waals surface area contributed by atoms with E-state index in [2.05, 4.69) is 0 Å². The Morgan fingerprint density at radius 1 is 1.30 bits per heavy atom. The van der Waals surface area contributed by atoms with Crippen molar-refractivity contribution in [3.05, 3.63) is 29.8 Å². The Labute approximate surface area is 63.0 Å². The first-order valence-electron chi connectivity index (χ1n) is 2.53. The predicted octanol–water partition coefficient (Wildman–Crippen LogP) is 0.640. The Kier molecular flexibility index (Phi) is 2.28. The van der Waals surface area contributed by atoms with E-state index < -0.39 is 27.3 Å². The van der Waals surface area contributed by atoms with E-state index in [1.165, 1.54) is 12.1 Å². The van der Waals surface area contributed by atoms with E-state index in [-0.39, 0.29) is 4.35 Å². The molecule has 0 atom stereocenters. The van der Waals surface area contributed by atoms with Gasteiger partial charge in [-0.25, -0.2) is 0 Å². The van der Waals surface area contributed by atoms with Gasteiger partial charge >= 0.3 is 62.4 Å². The average Bonchev–Trinajstić information content (AvgIpc) is 1.95. The molecule has 1 aromatic carbocycles. The SMILES string of the molecule is O=[As]c1cccc(F)c1F. The summed E-state index contributed by atoms with van der Waals surface area (Å²) in [4.78, 5) is 0. The molecule has 0 fully saturated rings. The second kappa shape index (κ2) is 3.02. The van der Waals surface area contributed by atoms with Gasteiger partial charge in [-0.2, -0.15) is 0 Å². The minimum atomic E-state index is -1.46. The first kappa shape index (κ1) is 7.54. The Bertz CT molecular complexity index is 262. The normalized spacial score (nSPS) is 10.2. The third kappa shape index (κ3) is 1.29. The summed E-state index contributed by atoms with van der Waals surface area (Å²) in [6.07, 6.45) is 0. The first-order chi connectivity index (χ1) is 4.75. The molecule has 0 radical (unpaired) electrons. The van der Waals surface area contributed by atoms with Crippen LogP contribution < -0.4 is 4.35 Å². The number of rotatable bonds is 1. The molecule has 1 rings (SSSR count). The van der Waals surface area contributed by atoms with Crippen LogP contribution in [0, 0.1) is 11.6 Å². The van der Waals surface area contributed by atoms with Crippen molar-refractivity contribution < 1.29 is 12.5 Å². The maximum absolute atomic E-state index is 12.5. The van der Waals surface area contributed by atoms with Crippen LogP contribution in [0.4, 0.5) is 8.78 Å². The summed E-state index contributed by atoms with van der Waals surface area (Å²) in [5.74, 6) is -1.93. The van der Waals surface area contributed by atoms with Crippen LogP contribution in [0.5, 0.6) is 0 Å². The fourth-order valence-electron chi connectivity index (χ4n) is 0.563. The van der Waals surface area contributed by atoms with Gasteiger partial charge in [-0.15, -0.1) is 0 Å². The first-order valence-corrected chi connectivity index (χ1v) is 4.23. The Hall–Kier alpha value is -0.562. The van der Waals surface area contributed by atoms with Gasteiger partial charge in [0.1, 0.15) is 0 Å². The minimum absolute atomic E-state index is 0.0312. The Balaban J connectivity index is 3.27. The molecule has 10 heavy (non-hydrogen) atoms. The zero-order chi connectivity index (χ0) is 7.56. The van der Waals surface area contributed by atoms with Gasteiger partial charge in [-0.05, 0) is 0 Å². The molecule has 0 amide bonds. The average molecular weight is 204 g/mol. The van der Waals surface area contributed by atoms with Crippen molar-refractivity contribution >= 4 is 20.0 Å². The van der Waals surface area contributed by atoms with E-state index in [0.29, 0.717) is 0 Å². The molecule has 0 unspecified atom stereocenters. The summed E-state index contributed by atoms with van der Waals surface area (Å²) >= 11 is -1.46. The Morgan fingerprint density at radius 2 is 2.00 bits per heavy atom. The fourth-order valence-corrected chi connectivity index (χ4v) is 1.26.